The number of nitrogens with one attached hydrogen (secondary N) is 2. The number of fused-ring (bicyclic) bond motifs is 1. The molecule has 2 N–H and O–H groups in total. The van der Waals surface area contributed by atoms with Crippen molar-refractivity contribution in [3.05, 3.63) is 40.7 Å². The van der Waals surface area contributed by atoms with Gasteiger partial charge in [-0.3, -0.25) is 9.69 Å². The Morgan fingerprint density at radius 1 is 1.07 bits per heavy atom. The first kappa shape index (κ1) is 26.9. The minimum atomic E-state index is -0.113. The maximum atomic E-state index is 13.4. The summed E-state index contributed by atoms with van der Waals surface area (Å²) in [6.45, 7) is 8.35. The van der Waals surface area contributed by atoms with Crippen molar-refractivity contribution < 1.29 is 19.1 Å². The molecule has 1 aromatic rings. The van der Waals surface area contributed by atoms with Crippen LogP contribution in [0.3, 0.4) is 0 Å². The van der Waals surface area contributed by atoms with Crippen LogP contribution in [0.2, 0.25) is 0 Å². The Balaban J connectivity index is 1.21. The monoisotopic (exact) mass is 550 g/mol. The van der Waals surface area contributed by atoms with Crippen molar-refractivity contribution in [3.8, 4) is 5.75 Å². The van der Waals surface area contributed by atoms with E-state index in [4.69, 9.17) is 19.4 Å². The lowest BCUT2D eigenvalue weighted by Gasteiger charge is -2.33. The van der Waals surface area contributed by atoms with Gasteiger partial charge in [-0.1, -0.05) is 36.9 Å². The van der Waals surface area contributed by atoms with E-state index >= 15 is 0 Å². The third kappa shape index (κ3) is 5.64. The van der Waals surface area contributed by atoms with Crippen LogP contribution in [-0.4, -0.2) is 66.6 Å². The Morgan fingerprint density at radius 3 is 2.60 bits per heavy atom. The third-order valence-electron chi connectivity index (χ3n) is 8.73. The molecule has 10 heteroatoms. The average Bonchev–Trinajstić information content (AvgIpc) is 3.13. The summed E-state index contributed by atoms with van der Waals surface area (Å²) in [5.41, 5.74) is 3.52. The molecule has 10 nitrogen and oxygen atoms in total. The number of rotatable bonds is 7. The molecule has 1 aromatic carbocycles. The van der Waals surface area contributed by atoms with E-state index in [2.05, 4.69) is 32.8 Å². The number of carbonyl (C=O) groups is 1. The molecule has 0 spiro atoms. The fourth-order valence-corrected chi connectivity index (χ4v) is 6.66. The quantitative estimate of drug-likeness (QED) is 0.497. The molecule has 4 heterocycles. The van der Waals surface area contributed by atoms with Gasteiger partial charge in [0.05, 0.1) is 12.2 Å². The third-order valence-corrected chi connectivity index (χ3v) is 8.73. The van der Waals surface area contributed by atoms with Crippen LogP contribution in [0.15, 0.2) is 39.9 Å². The number of carbonyl (C=O) groups excluding carboxylic acids is 1. The van der Waals surface area contributed by atoms with Gasteiger partial charge in [0.15, 0.2) is 12.4 Å². The van der Waals surface area contributed by atoms with Gasteiger partial charge in [0, 0.05) is 18.2 Å². The van der Waals surface area contributed by atoms with Crippen LogP contribution >= 0.6 is 0 Å². The number of piperidine rings is 1. The molecule has 0 radical (unpaired) electrons. The van der Waals surface area contributed by atoms with Crippen molar-refractivity contribution >= 4 is 17.6 Å². The predicted molar refractivity (Wildman–Crippen MR) is 152 cm³/mol. The van der Waals surface area contributed by atoms with E-state index in [1.54, 1.807) is 0 Å². The number of benzene rings is 1. The second-order valence-electron chi connectivity index (χ2n) is 11.5. The minimum Gasteiger partial charge on any atom is -0.493 e. The SMILES string of the molecule is CCOc1ccc(CN2CCC(C3=NOCCO3)CC2)cc1C1=NN2C(=C(C)NC2C2CCCCCC2)C(=O)N1. The van der Waals surface area contributed by atoms with E-state index in [0.29, 0.717) is 43.2 Å². The Bertz CT molecular complexity index is 1180. The minimum absolute atomic E-state index is 0.0114. The number of hydrazone groups is 1. The molecule has 0 bridgehead atoms. The Morgan fingerprint density at radius 2 is 1.88 bits per heavy atom. The van der Waals surface area contributed by atoms with Gasteiger partial charge in [0.25, 0.3) is 5.91 Å². The highest BCUT2D eigenvalue weighted by molar-refractivity contribution is 6.15. The summed E-state index contributed by atoms with van der Waals surface area (Å²) in [7, 11) is 0. The second-order valence-corrected chi connectivity index (χ2v) is 11.5. The first-order valence-electron chi connectivity index (χ1n) is 15.1. The zero-order valence-corrected chi connectivity index (χ0v) is 23.8. The lowest BCUT2D eigenvalue weighted by molar-refractivity contribution is -0.118. The molecule has 1 saturated heterocycles. The van der Waals surface area contributed by atoms with Crippen molar-refractivity contribution in [2.24, 2.45) is 22.1 Å². The number of hydrogen-bond donors (Lipinski definition) is 2. The van der Waals surface area contributed by atoms with Gasteiger partial charge in [-0.15, -0.1) is 0 Å². The zero-order valence-electron chi connectivity index (χ0n) is 23.8. The van der Waals surface area contributed by atoms with E-state index in [-0.39, 0.29) is 12.1 Å². The standard InChI is InChI=1S/C30H42N6O4/c1-3-38-25-11-10-21(19-35-14-12-23(13-15-35)30-34-40-17-16-39-30)18-24(25)27-32-29(37)26-20(2)31-28(36(26)33-27)22-8-6-4-5-7-9-22/h10-11,18,22-23,28,31H,3-9,12-17,19H2,1-2H3,(H,32,33,37). The topological polar surface area (TPSA) is 100 Å². The van der Waals surface area contributed by atoms with Crippen LogP contribution in [0.4, 0.5) is 0 Å². The van der Waals surface area contributed by atoms with Crippen LogP contribution in [0.5, 0.6) is 5.75 Å². The molecule has 5 aliphatic rings. The van der Waals surface area contributed by atoms with Crippen LogP contribution in [-0.2, 0) is 20.9 Å². The Labute approximate surface area is 236 Å². The maximum Gasteiger partial charge on any atom is 0.276 e. The van der Waals surface area contributed by atoms with Gasteiger partial charge in [-0.05, 0) is 76.2 Å². The summed E-state index contributed by atoms with van der Waals surface area (Å²) in [5, 5.41) is 17.8. The van der Waals surface area contributed by atoms with Crippen LogP contribution in [0, 0.1) is 11.8 Å². The number of amidine groups is 1. The molecule has 1 aliphatic carbocycles. The largest absolute Gasteiger partial charge is 0.493 e. The van der Waals surface area contributed by atoms with E-state index < -0.39 is 0 Å². The molecule has 6 rings (SSSR count). The summed E-state index contributed by atoms with van der Waals surface area (Å²) in [6.07, 6.45) is 9.35. The summed E-state index contributed by atoms with van der Waals surface area (Å²) < 4.78 is 11.7. The second kappa shape index (κ2) is 12.1. The molecular weight excluding hydrogens is 508 g/mol. The molecule has 40 heavy (non-hydrogen) atoms. The van der Waals surface area contributed by atoms with Gasteiger partial charge in [-0.2, -0.15) is 5.10 Å². The normalized spacial score (nSPS) is 24.7. The molecular formula is C30H42N6O4. The number of allylic oxidation sites excluding steroid dienone is 1. The molecule has 1 atom stereocenters. The predicted octanol–water partition coefficient (Wildman–Crippen LogP) is 3.88. The summed E-state index contributed by atoms with van der Waals surface area (Å²) in [4.78, 5) is 21.1. The zero-order chi connectivity index (χ0) is 27.5. The van der Waals surface area contributed by atoms with Crippen LogP contribution in [0.25, 0.3) is 0 Å². The highest BCUT2D eigenvalue weighted by Crippen LogP contribution is 2.35. The van der Waals surface area contributed by atoms with E-state index in [0.717, 1.165) is 68.2 Å². The number of oxime groups is 1. The highest BCUT2D eigenvalue weighted by atomic mass is 16.7. The number of ether oxygens (including phenoxy) is 2. The van der Waals surface area contributed by atoms with Gasteiger partial charge >= 0.3 is 0 Å². The fraction of sp³-hybridized carbons (Fsp3) is 0.633. The van der Waals surface area contributed by atoms with Gasteiger partial charge in [0.1, 0.15) is 24.2 Å². The average molecular weight is 551 g/mol. The Kier molecular flexibility index (Phi) is 8.13. The van der Waals surface area contributed by atoms with Gasteiger partial charge < -0.3 is 24.9 Å². The summed E-state index contributed by atoms with van der Waals surface area (Å²) >= 11 is 0. The van der Waals surface area contributed by atoms with Crippen molar-refractivity contribution in [1.82, 2.24) is 20.5 Å². The highest BCUT2D eigenvalue weighted by Gasteiger charge is 2.41. The van der Waals surface area contributed by atoms with Crippen molar-refractivity contribution in [2.45, 2.75) is 77.9 Å². The maximum absolute atomic E-state index is 13.4. The fourth-order valence-electron chi connectivity index (χ4n) is 6.66. The van der Waals surface area contributed by atoms with Crippen molar-refractivity contribution in [2.75, 3.05) is 32.9 Å². The molecule has 2 fully saturated rings. The Hall–Kier alpha value is -3.27. The number of nitrogens with zero attached hydrogens (tertiary/aromatic N) is 4. The first-order chi connectivity index (χ1) is 19.6. The molecule has 216 valence electrons. The lowest BCUT2D eigenvalue weighted by Crippen LogP contribution is -2.48. The van der Waals surface area contributed by atoms with E-state index in [1.807, 2.05) is 24.9 Å². The summed E-state index contributed by atoms with van der Waals surface area (Å²) in [5.74, 6) is 2.71. The van der Waals surface area contributed by atoms with Crippen molar-refractivity contribution in [1.29, 1.82) is 0 Å². The molecule has 1 saturated carbocycles. The molecule has 1 unspecified atom stereocenters. The van der Waals surface area contributed by atoms with Crippen LogP contribution in [0.1, 0.15) is 76.3 Å². The molecule has 0 aromatic heterocycles. The summed E-state index contributed by atoms with van der Waals surface area (Å²) in [6, 6.07) is 6.26. The first-order valence-corrected chi connectivity index (χ1v) is 15.1. The van der Waals surface area contributed by atoms with Crippen molar-refractivity contribution in [3.63, 3.8) is 0 Å². The number of amides is 1. The number of hydrogen-bond acceptors (Lipinski definition) is 9. The smallest absolute Gasteiger partial charge is 0.276 e. The van der Waals surface area contributed by atoms with E-state index in [9.17, 15) is 4.79 Å². The number of likely N-dealkylation sites (tertiary alicyclic amines) is 1. The van der Waals surface area contributed by atoms with Crippen LogP contribution < -0.4 is 15.4 Å². The van der Waals surface area contributed by atoms with E-state index in [1.165, 1.54) is 31.2 Å². The van der Waals surface area contributed by atoms with Gasteiger partial charge in [-0.25, -0.2) is 5.01 Å². The molecule has 1 amide bonds. The lowest BCUT2D eigenvalue weighted by atomic mass is 9.96. The molecule has 4 aliphatic heterocycles. The van der Waals surface area contributed by atoms with Gasteiger partial charge in [0.2, 0.25) is 5.90 Å².